The molecule has 11 rings (SSSR count). The van der Waals surface area contributed by atoms with Crippen molar-refractivity contribution in [2.24, 2.45) is 40.6 Å². The van der Waals surface area contributed by atoms with Gasteiger partial charge < -0.3 is 46.7 Å². The number of phenols is 2. The molecular weight excluding hydrogens is 1150 g/mol. The third-order valence-corrected chi connectivity index (χ3v) is 24.1. The molecule has 9 unspecified atom stereocenters. The van der Waals surface area contributed by atoms with Gasteiger partial charge in [0, 0.05) is 82.7 Å². The Morgan fingerprint density at radius 1 is 0.802 bits per heavy atom. The maximum atomic E-state index is 14.5. The van der Waals surface area contributed by atoms with Crippen LogP contribution in [0.15, 0.2) is 121 Å². The number of aliphatic hydroxyl groups excluding tert-OH is 2. The number of hydrogen-bond acceptors (Lipinski definition) is 14. The van der Waals surface area contributed by atoms with Gasteiger partial charge in [0.2, 0.25) is 0 Å². The second-order valence-corrected chi connectivity index (χ2v) is 30.1. The molecule has 1 saturated carbocycles. The number of rotatable bonds is 7. The molecule has 10 N–H and O–H groups in total. The summed E-state index contributed by atoms with van der Waals surface area (Å²) in [6.07, 6.45) is 12.8. The van der Waals surface area contributed by atoms with Gasteiger partial charge in [-0.2, -0.15) is 0 Å². The van der Waals surface area contributed by atoms with Crippen molar-refractivity contribution >= 4 is 54.7 Å². The first-order valence-electron chi connectivity index (χ1n) is 30.6. The molecule has 15 heteroatoms. The average Bonchev–Trinajstić information content (AvgIpc) is 2.08. The summed E-state index contributed by atoms with van der Waals surface area (Å²) in [5.74, 6) is 9.22. The molecule has 5 aliphatic rings. The third-order valence-electron chi connectivity index (χ3n) is 19.1. The average molecular weight is 1230 g/mol. The molecule has 0 amide bonds. The van der Waals surface area contributed by atoms with Gasteiger partial charge in [-0.25, -0.2) is 0 Å². The molecule has 1 spiro atoms. The summed E-state index contributed by atoms with van der Waals surface area (Å²) >= 11 is 0. The number of aromatic hydroxyl groups is 2. The van der Waals surface area contributed by atoms with Crippen LogP contribution in [0, 0.1) is 40.9 Å². The highest BCUT2D eigenvalue weighted by Crippen LogP contribution is 2.57. The Bertz CT molecular complexity index is 3480. The molecule has 1 aromatic heterocycles. The number of allylic oxidation sites excluding steroid dienone is 2. The van der Waals surface area contributed by atoms with Gasteiger partial charge in [0.25, 0.3) is 0 Å². The number of nitrogens with two attached hydrogens (primary N) is 2. The number of ether oxygens (including phenoxy) is 1. The Balaban J connectivity index is 0.939. The van der Waals surface area contributed by atoms with E-state index in [1.165, 1.54) is 22.3 Å². The fourth-order valence-electron chi connectivity index (χ4n) is 14.5. The lowest BCUT2D eigenvalue weighted by Gasteiger charge is -2.34. The van der Waals surface area contributed by atoms with Gasteiger partial charge in [-0.15, -0.1) is 0 Å². The van der Waals surface area contributed by atoms with Gasteiger partial charge >= 0.3 is 0 Å². The van der Waals surface area contributed by atoms with Gasteiger partial charge in [-0.3, -0.25) is 9.59 Å². The highest BCUT2D eigenvalue weighted by Gasteiger charge is 2.53. The molecule has 1 saturated heterocycles. The van der Waals surface area contributed by atoms with E-state index in [-0.39, 0.29) is 78.7 Å². The summed E-state index contributed by atoms with van der Waals surface area (Å²) in [7, 11) is 6.90. The highest BCUT2D eigenvalue weighted by molar-refractivity contribution is 8.77. The first-order chi connectivity index (χ1) is 41.6. The van der Waals surface area contributed by atoms with Crippen LogP contribution in [-0.2, 0) is 49.1 Å². The Morgan fingerprint density at radius 2 is 1.60 bits per heavy atom. The van der Waals surface area contributed by atoms with Crippen LogP contribution < -0.4 is 16.2 Å². The minimum atomic E-state index is -1.08. The molecule has 3 heterocycles. The van der Waals surface area contributed by atoms with E-state index in [0.29, 0.717) is 78.2 Å². The molecule has 3 aliphatic carbocycles. The van der Waals surface area contributed by atoms with Crippen molar-refractivity contribution in [2.45, 2.75) is 132 Å². The lowest BCUT2D eigenvalue weighted by Crippen LogP contribution is -2.37. The fourth-order valence-corrected chi connectivity index (χ4v) is 20.0. The lowest BCUT2D eigenvalue weighted by molar-refractivity contribution is -0.114. The molecular formula is C71H81N3O8S4. The van der Waals surface area contributed by atoms with Gasteiger partial charge in [-0.1, -0.05) is 134 Å². The second kappa shape index (κ2) is 28.0. The summed E-state index contributed by atoms with van der Waals surface area (Å²) in [6.45, 7) is 2.15. The van der Waals surface area contributed by atoms with Crippen LogP contribution in [0.4, 0.5) is 0 Å². The van der Waals surface area contributed by atoms with Crippen molar-refractivity contribution < 1.29 is 39.9 Å². The number of aryl methyl sites for hydroxylation is 3. The van der Waals surface area contributed by atoms with Crippen molar-refractivity contribution in [3.05, 3.63) is 194 Å². The van der Waals surface area contributed by atoms with Crippen LogP contribution in [0.5, 0.6) is 17.2 Å². The lowest BCUT2D eigenvalue weighted by atomic mass is 9.72. The highest BCUT2D eigenvalue weighted by atomic mass is 33.1. The van der Waals surface area contributed by atoms with E-state index >= 15 is 0 Å². The van der Waals surface area contributed by atoms with Gasteiger partial charge in [0.1, 0.15) is 5.75 Å². The third kappa shape index (κ3) is 14.7. The first kappa shape index (κ1) is 62.2. The van der Waals surface area contributed by atoms with Crippen molar-refractivity contribution in [1.82, 2.24) is 4.98 Å². The quantitative estimate of drug-likeness (QED) is 0.0425. The van der Waals surface area contributed by atoms with Crippen molar-refractivity contribution in [2.75, 3.05) is 30.5 Å². The molecule has 2 fully saturated rings. The van der Waals surface area contributed by atoms with E-state index in [9.17, 15) is 35.1 Å². The topological polar surface area (TPSA) is 212 Å². The van der Waals surface area contributed by atoms with Gasteiger partial charge in [0.05, 0.1) is 37.5 Å². The number of aliphatic hydroxyl groups is 3. The normalized spacial score (nSPS) is 26.1. The number of phenolic OH excluding ortho intramolecular Hbond substituents is 2. The number of fused-ring (bicyclic) bond motifs is 13. The zero-order valence-electron chi connectivity index (χ0n) is 49.1. The SMILES string of the molecule is CC(O)CC1CCC23C=CC(=O)CCc4ccc(O)c(c4)OCCc4ccc(O)c(c4)C4CC(=O)c5cc[nH]c5CC#Cc5cc(C(N)N)c(cc54)CSSCC(C2)C(O)(CSSCC2CC1Cc1cc(CCc4ccccc4)ccc1C2CO)C3. The fraction of sp³-hybridized carbons (Fsp3) is 0.437. The van der Waals surface area contributed by atoms with Crippen LogP contribution in [0.3, 0.4) is 0 Å². The molecule has 9 atom stereocenters. The first-order valence-corrected chi connectivity index (χ1v) is 35.6. The van der Waals surface area contributed by atoms with Crippen LogP contribution in [0.2, 0.25) is 0 Å². The number of nitrogens with one attached hydrogen (secondary N) is 1. The number of Topliss-reactive ketones (excluding diaryl/α,β-unsaturated/α-hetero) is 1. The van der Waals surface area contributed by atoms with Gasteiger partial charge in [0.15, 0.2) is 23.1 Å². The number of aromatic amines is 1. The van der Waals surface area contributed by atoms with E-state index in [4.69, 9.17) is 16.2 Å². The second-order valence-electron chi connectivity index (χ2n) is 25.1. The molecule has 0 radical (unpaired) electrons. The number of ketones is 2. The van der Waals surface area contributed by atoms with E-state index in [0.717, 1.165) is 77.8 Å². The Hall–Kier alpha value is -5.38. The molecule has 6 aromatic rings. The molecule has 11 nitrogen and oxygen atoms in total. The number of aromatic nitrogens is 1. The van der Waals surface area contributed by atoms with Crippen molar-refractivity contribution in [3.8, 4) is 29.1 Å². The molecule has 5 aromatic carbocycles. The zero-order valence-corrected chi connectivity index (χ0v) is 52.3. The minimum Gasteiger partial charge on any atom is -0.508 e. The smallest absolute Gasteiger partial charge is 0.165 e. The van der Waals surface area contributed by atoms with Crippen LogP contribution in [-0.4, -0.2) is 84.3 Å². The molecule has 11 bridgehead atoms. The van der Waals surface area contributed by atoms with Gasteiger partial charge in [-0.05, 0) is 187 Å². The predicted octanol–water partition coefficient (Wildman–Crippen LogP) is 12.7. The number of carbonyl (C=O) groups excluding carboxylic acids is 2. The Kier molecular flexibility index (Phi) is 20.2. The van der Waals surface area contributed by atoms with Crippen molar-refractivity contribution in [1.29, 1.82) is 0 Å². The number of carbonyl (C=O) groups is 2. The summed E-state index contributed by atoms with van der Waals surface area (Å²) in [5.41, 5.74) is 23.5. The molecule has 2 aliphatic heterocycles. The number of H-pyrrole nitrogens is 1. The maximum Gasteiger partial charge on any atom is 0.165 e. The maximum absolute atomic E-state index is 14.5. The largest absolute Gasteiger partial charge is 0.508 e. The Labute approximate surface area is 522 Å². The number of benzene rings is 5. The predicted molar refractivity (Wildman–Crippen MR) is 351 cm³/mol. The minimum absolute atomic E-state index is 0.0132. The van der Waals surface area contributed by atoms with Crippen LogP contribution in [0.25, 0.3) is 0 Å². The molecule has 86 heavy (non-hydrogen) atoms. The summed E-state index contributed by atoms with van der Waals surface area (Å²) < 4.78 is 6.26. The monoisotopic (exact) mass is 1230 g/mol. The van der Waals surface area contributed by atoms with E-state index in [1.54, 1.807) is 79.7 Å². The Morgan fingerprint density at radius 3 is 2.42 bits per heavy atom. The van der Waals surface area contributed by atoms with Crippen LogP contribution in [0.1, 0.15) is 154 Å². The molecule has 452 valence electrons. The summed E-state index contributed by atoms with van der Waals surface area (Å²) in [5, 5.41) is 58.8. The summed E-state index contributed by atoms with van der Waals surface area (Å²) in [6, 6.07) is 34.0. The van der Waals surface area contributed by atoms with E-state index in [2.05, 4.69) is 77.5 Å². The zero-order chi connectivity index (χ0) is 60.0. The summed E-state index contributed by atoms with van der Waals surface area (Å²) in [4.78, 5) is 31.9. The number of hydrogen-bond donors (Lipinski definition) is 8. The van der Waals surface area contributed by atoms with Crippen LogP contribution >= 0.6 is 43.2 Å². The standard InChI is InChI=1S/C71H81N3O8S4/c1-44(76)28-49-20-24-70-25-21-56(77)16-12-47-15-19-66(79)68(31-47)82-27-23-48-14-18-65(78)62(30-48)61-36-67(80)58-22-26-74-64(58)9-5-8-50-34-60(69(72)73)54(35-59(50)61)40-83-85-41-55(37-70)71(81,42-70)43-86-84-39-53-33-51(49)32-52-29-46(13-17-57(52)63(53)38-75)11-10-45-6-3-2-4-7-45/h2-4,6-7,13-15,17-19,21-22,25-26,29-31,34-35,44,49,51,53,55,61,63,69,74-76,78-79,81H,9-12,16,20,23-24,27-28,32-33,36-43,72-73H2,1H3. The van der Waals surface area contributed by atoms with E-state index < -0.39 is 29.2 Å². The van der Waals surface area contributed by atoms with Crippen molar-refractivity contribution in [3.63, 3.8) is 0 Å². The van der Waals surface area contributed by atoms with E-state index in [1.807, 2.05) is 31.2 Å².